The predicted octanol–water partition coefficient (Wildman–Crippen LogP) is 3.70. The van der Waals surface area contributed by atoms with Crippen LogP contribution >= 0.6 is 0 Å². The summed E-state index contributed by atoms with van der Waals surface area (Å²) in [4.78, 5) is 4.98. The summed E-state index contributed by atoms with van der Waals surface area (Å²) in [6.07, 6.45) is 3.25. The number of aromatic nitrogens is 1. The van der Waals surface area contributed by atoms with Crippen LogP contribution in [0.15, 0.2) is 53.6 Å². The zero-order valence-electron chi connectivity index (χ0n) is 13.3. The van der Waals surface area contributed by atoms with E-state index in [0.29, 0.717) is 23.3 Å². The zero-order valence-corrected chi connectivity index (χ0v) is 14.1. The molecule has 0 saturated carbocycles. The Labute approximate surface area is 141 Å². The number of ether oxygens (including phenoxy) is 2. The molecule has 0 spiro atoms. The van der Waals surface area contributed by atoms with Crippen molar-refractivity contribution in [1.82, 2.24) is 4.98 Å². The van der Waals surface area contributed by atoms with E-state index in [1.54, 1.807) is 24.6 Å². The van der Waals surface area contributed by atoms with Gasteiger partial charge in [0.05, 0.1) is 12.6 Å². The van der Waals surface area contributed by atoms with Crippen LogP contribution < -0.4 is 9.47 Å². The molecule has 0 bridgehead atoms. The van der Waals surface area contributed by atoms with Crippen LogP contribution in [0, 0.1) is 5.82 Å². The maximum absolute atomic E-state index is 13.9. The van der Waals surface area contributed by atoms with Crippen LogP contribution in [0.2, 0.25) is 0 Å². The third-order valence-corrected chi connectivity index (χ3v) is 4.56. The largest absolute Gasteiger partial charge is 0.494 e. The number of rotatable bonds is 5. The summed E-state index contributed by atoms with van der Waals surface area (Å²) in [6, 6.07) is 12.0. The Morgan fingerprint density at radius 3 is 2.54 bits per heavy atom. The molecular formula is C18H16FNO3S. The van der Waals surface area contributed by atoms with Crippen molar-refractivity contribution >= 4 is 21.7 Å². The molecule has 24 heavy (non-hydrogen) atoms. The quantitative estimate of drug-likeness (QED) is 0.707. The number of benzene rings is 2. The Morgan fingerprint density at radius 1 is 1.12 bits per heavy atom. The monoisotopic (exact) mass is 345 g/mol. The van der Waals surface area contributed by atoms with Crippen molar-refractivity contribution in [3.05, 3.63) is 60.0 Å². The highest BCUT2D eigenvalue weighted by atomic mass is 32.2. The Hall–Kier alpha value is -2.47. The van der Waals surface area contributed by atoms with Gasteiger partial charge in [-0.1, -0.05) is 12.1 Å². The fraction of sp³-hybridized carbons (Fsp3) is 0.167. The second-order valence-corrected chi connectivity index (χ2v) is 6.58. The molecule has 0 radical (unpaired) electrons. The molecule has 0 aliphatic heterocycles. The highest BCUT2D eigenvalue weighted by Crippen LogP contribution is 2.30. The molecule has 0 N–H and O–H groups in total. The normalized spacial score (nSPS) is 12.1. The average molecular weight is 345 g/mol. The summed E-state index contributed by atoms with van der Waals surface area (Å²) in [5.74, 6) is 0.234. The molecule has 0 amide bonds. The molecule has 1 heterocycles. The number of pyridine rings is 1. The van der Waals surface area contributed by atoms with Gasteiger partial charge in [0, 0.05) is 39.6 Å². The summed E-state index contributed by atoms with van der Waals surface area (Å²) >= 11 is 0. The molecule has 6 heteroatoms. The van der Waals surface area contributed by atoms with E-state index in [9.17, 15) is 8.60 Å². The summed E-state index contributed by atoms with van der Waals surface area (Å²) in [6.45, 7) is 0.323. The summed E-state index contributed by atoms with van der Waals surface area (Å²) in [7, 11) is 0.410. The van der Waals surface area contributed by atoms with Crippen molar-refractivity contribution in [1.29, 1.82) is 0 Å². The van der Waals surface area contributed by atoms with E-state index in [-0.39, 0.29) is 5.75 Å². The molecule has 124 valence electrons. The second-order valence-electron chi connectivity index (χ2n) is 5.20. The molecule has 1 unspecified atom stereocenters. The Bertz CT molecular complexity index is 897. The molecule has 2 aromatic carbocycles. The molecule has 0 fully saturated rings. The first-order valence-corrected chi connectivity index (χ1v) is 8.81. The minimum atomic E-state index is -1.00. The van der Waals surface area contributed by atoms with Gasteiger partial charge in [-0.15, -0.1) is 0 Å². The van der Waals surface area contributed by atoms with Gasteiger partial charge in [-0.25, -0.2) is 4.39 Å². The predicted molar refractivity (Wildman–Crippen MR) is 91.4 cm³/mol. The van der Waals surface area contributed by atoms with E-state index in [4.69, 9.17) is 9.47 Å². The van der Waals surface area contributed by atoms with E-state index >= 15 is 0 Å². The van der Waals surface area contributed by atoms with Gasteiger partial charge in [-0.3, -0.25) is 9.19 Å². The lowest BCUT2D eigenvalue weighted by Gasteiger charge is -2.11. The van der Waals surface area contributed by atoms with E-state index < -0.39 is 16.6 Å². The zero-order chi connectivity index (χ0) is 17.1. The van der Waals surface area contributed by atoms with E-state index in [1.807, 2.05) is 24.3 Å². The van der Waals surface area contributed by atoms with Crippen molar-refractivity contribution in [2.45, 2.75) is 11.5 Å². The molecular weight excluding hydrogens is 329 g/mol. The third kappa shape index (κ3) is 3.38. The third-order valence-electron chi connectivity index (χ3n) is 3.62. The van der Waals surface area contributed by atoms with Crippen LogP contribution in [0.1, 0.15) is 5.56 Å². The van der Waals surface area contributed by atoms with Gasteiger partial charge in [0.2, 0.25) is 0 Å². The number of nitrogens with zero attached hydrogens (tertiary/aromatic N) is 1. The fourth-order valence-electron chi connectivity index (χ4n) is 2.34. The average Bonchev–Trinajstić information content (AvgIpc) is 2.59. The van der Waals surface area contributed by atoms with Gasteiger partial charge in [-0.2, -0.15) is 0 Å². The summed E-state index contributed by atoms with van der Waals surface area (Å²) < 4.78 is 36.1. The Kier molecular flexibility index (Phi) is 4.76. The lowest BCUT2D eigenvalue weighted by atomic mass is 10.2. The van der Waals surface area contributed by atoms with Gasteiger partial charge >= 0.3 is 0 Å². The molecule has 0 aliphatic rings. The first-order chi connectivity index (χ1) is 11.6. The van der Waals surface area contributed by atoms with Crippen molar-refractivity contribution < 1.29 is 18.1 Å². The van der Waals surface area contributed by atoms with Crippen LogP contribution in [0.4, 0.5) is 4.39 Å². The van der Waals surface area contributed by atoms with Gasteiger partial charge in [0.15, 0.2) is 11.6 Å². The van der Waals surface area contributed by atoms with Gasteiger partial charge < -0.3 is 9.47 Å². The van der Waals surface area contributed by atoms with Crippen molar-refractivity contribution in [3.8, 4) is 11.5 Å². The topological polar surface area (TPSA) is 48.4 Å². The van der Waals surface area contributed by atoms with Gasteiger partial charge in [0.25, 0.3) is 0 Å². The summed E-state index contributed by atoms with van der Waals surface area (Å²) in [5, 5.41) is 0.585. The minimum absolute atomic E-state index is 0.148. The number of fused-ring (bicyclic) bond motifs is 1. The van der Waals surface area contributed by atoms with Crippen LogP contribution in [0.3, 0.4) is 0 Å². The number of halogens is 1. The lowest BCUT2D eigenvalue weighted by molar-refractivity contribution is 0.309. The van der Waals surface area contributed by atoms with Crippen LogP contribution in [0.25, 0.3) is 10.9 Å². The SMILES string of the molecule is COc1cc2nccc(OCc3ccc(S(C)=O)cc3)c2cc1F. The van der Waals surface area contributed by atoms with Gasteiger partial charge in [-0.05, 0) is 29.8 Å². The Balaban J connectivity index is 1.84. The second kappa shape index (κ2) is 6.97. The molecule has 1 aromatic heterocycles. The standard InChI is InChI=1S/C18H16FNO3S/c1-22-18-10-16-14(9-15(18)19)17(7-8-20-16)23-11-12-3-5-13(6-4-12)24(2)21/h3-10H,11H2,1-2H3. The smallest absolute Gasteiger partial charge is 0.165 e. The van der Waals surface area contributed by atoms with E-state index in [0.717, 1.165) is 10.5 Å². The van der Waals surface area contributed by atoms with E-state index in [2.05, 4.69) is 4.98 Å². The first kappa shape index (κ1) is 16.4. The molecule has 0 aliphatic carbocycles. The molecule has 3 rings (SSSR count). The maximum atomic E-state index is 13.9. The molecule has 1 atom stereocenters. The Morgan fingerprint density at radius 2 is 1.88 bits per heavy atom. The van der Waals surface area contributed by atoms with E-state index in [1.165, 1.54) is 13.2 Å². The summed E-state index contributed by atoms with van der Waals surface area (Å²) in [5.41, 5.74) is 1.53. The van der Waals surface area contributed by atoms with Gasteiger partial charge in [0.1, 0.15) is 12.4 Å². The maximum Gasteiger partial charge on any atom is 0.165 e. The van der Waals surface area contributed by atoms with Crippen molar-refractivity contribution in [2.24, 2.45) is 0 Å². The number of methoxy groups -OCH3 is 1. The van der Waals surface area contributed by atoms with Crippen LogP contribution in [-0.4, -0.2) is 22.6 Å². The van der Waals surface area contributed by atoms with Crippen molar-refractivity contribution in [2.75, 3.05) is 13.4 Å². The fourth-order valence-corrected chi connectivity index (χ4v) is 2.86. The highest BCUT2D eigenvalue weighted by Gasteiger charge is 2.10. The van der Waals surface area contributed by atoms with Crippen LogP contribution in [-0.2, 0) is 17.4 Å². The minimum Gasteiger partial charge on any atom is -0.494 e. The first-order valence-electron chi connectivity index (χ1n) is 7.26. The molecule has 4 nitrogen and oxygen atoms in total. The van der Waals surface area contributed by atoms with Crippen molar-refractivity contribution in [3.63, 3.8) is 0 Å². The molecule has 3 aromatic rings. The molecule has 0 saturated heterocycles. The number of hydrogen-bond acceptors (Lipinski definition) is 4. The lowest BCUT2D eigenvalue weighted by Crippen LogP contribution is -1.98. The highest BCUT2D eigenvalue weighted by molar-refractivity contribution is 7.84. The number of hydrogen-bond donors (Lipinski definition) is 0. The van der Waals surface area contributed by atoms with Crippen LogP contribution in [0.5, 0.6) is 11.5 Å².